The number of rotatable bonds is 5. The first-order valence-corrected chi connectivity index (χ1v) is 28.4. The number of hydrogen-bond acceptors (Lipinski definition) is 10. The number of ether oxygens (including phenoxy) is 1. The van der Waals surface area contributed by atoms with Crippen molar-refractivity contribution in [3.63, 3.8) is 0 Å². The number of carboxylic acid groups (broad SMARTS) is 3. The fourth-order valence-electron chi connectivity index (χ4n) is 22.2. The van der Waals surface area contributed by atoms with Crippen molar-refractivity contribution in [3.8, 4) is 0 Å². The van der Waals surface area contributed by atoms with Crippen LogP contribution in [0.1, 0.15) is 186 Å². The average molecular weight is 1020 g/mol. The van der Waals surface area contributed by atoms with E-state index in [2.05, 4.69) is 53.7 Å². The first-order chi connectivity index (χ1) is 33.5. The van der Waals surface area contributed by atoms with Crippen LogP contribution in [-0.2, 0) is 23.9 Å². The summed E-state index contributed by atoms with van der Waals surface area (Å²) in [6, 6.07) is 0. The lowest BCUT2D eigenvalue weighted by Gasteiger charge is -2.72. The molecule has 13 nitrogen and oxygen atoms in total. The first-order valence-electron chi connectivity index (χ1n) is 28.4. The molecule has 73 heavy (non-hydrogen) atoms. The summed E-state index contributed by atoms with van der Waals surface area (Å²) in [6.07, 6.45) is 6.63. The number of fused-ring (bicyclic) bond motifs is 14. The summed E-state index contributed by atoms with van der Waals surface area (Å²) < 4.78 is 6.67. The maximum absolute atomic E-state index is 15.6. The molecule has 8 saturated carbocycles. The smallest absolute Gasteiger partial charge is 0.315 e. The number of carbonyl (C=O) groups excluding carboxylic acids is 1. The van der Waals surface area contributed by atoms with Crippen molar-refractivity contribution in [3.05, 3.63) is 23.3 Å². The van der Waals surface area contributed by atoms with Crippen LogP contribution < -0.4 is 0 Å². The third kappa shape index (κ3) is 6.15. The van der Waals surface area contributed by atoms with Crippen LogP contribution in [0.2, 0.25) is 0 Å². The summed E-state index contributed by atoms with van der Waals surface area (Å²) in [7, 11) is 0. The Hall–Kier alpha value is -2.84. The van der Waals surface area contributed by atoms with E-state index in [9.17, 15) is 55.2 Å². The van der Waals surface area contributed by atoms with Gasteiger partial charge in [-0.3, -0.25) is 19.2 Å². The van der Waals surface area contributed by atoms with Crippen LogP contribution in [0.5, 0.6) is 0 Å². The van der Waals surface area contributed by atoms with Gasteiger partial charge in [-0.05, 0) is 198 Å². The number of esters is 1. The van der Waals surface area contributed by atoms with E-state index in [1.54, 1.807) is 13.8 Å². The summed E-state index contributed by atoms with van der Waals surface area (Å²) in [4.78, 5) is 56.1. The van der Waals surface area contributed by atoms with E-state index in [0.717, 1.165) is 11.1 Å². The van der Waals surface area contributed by atoms with Crippen molar-refractivity contribution in [2.75, 3.05) is 0 Å². The van der Waals surface area contributed by atoms with E-state index in [0.29, 0.717) is 89.9 Å². The summed E-state index contributed by atoms with van der Waals surface area (Å²) in [5.41, 5.74) is -9.55. The minimum Gasteiger partial charge on any atom is -0.481 e. The summed E-state index contributed by atoms with van der Waals surface area (Å²) >= 11 is 0. The van der Waals surface area contributed by atoms with Crippen LogP contribution in [0.15, 0.2) is 23.3 Å². The molecule has 13 heteroatoms. The van der Waals surface area contributed by atoms with Crippen molar-refractivity contribution in [2.45, 2.75) is 221 Å². The number of carboxylic acids is 3. The molecule has 0 amide bonds. The van der Waals surface area contributed by atoms with Crippen molar-refractivity contribution in [2.24, 2.45) is 101 Å². The molecule has 10 rings (SSSR count). The summed E-state index contributed by atoms with van der Waals surface area (Å²) in [5, 5.41) is 94.8. The number of allylic oxidation sites excluding steroid dienone is 2. The molecule has 408 valence electrons. The van der Waals surface area contributed by atoms with Gasteiger partial charge in [-0.1, -0.05) is 78.7 Å². The predicted octanol–water partition coefficient (Wildman–Crippen LogP) is 8.96. The highest BCUT2D eigenvalue weighted by atomic mass is 16.6. The third-order valence-corrected chi connectivity index (χ3v) is 27.3. The molecular weight excluding hydrogens is 929 g/mol. The van der Waals surface area contributed by atoms with Crippen LogP contribution in [0.3, 0.4) is 0 Å². The van der Waals surface area contributed by atoms with E-state index >= 15 is 4.79 Å². The minimum absolute atomic E-state index is 0.103. The molecule has 10 aliphatic carbocycles. The Balaban J connectivity index is 0.997. The highest BCUT2D eigenvalue weighted by Gasteiger charge is 2.77. The number of carbonyl (C=O) groups is 4. The average Bonchev–Trinajstić information content (AvgIpc) is 3.29. The molecule has 24 atom stereocenters. The Morgan fingerprint density at radius 3 is 1.33 bits per heavy atom. The number of aliphatic hydroxyl groups is 5. The van der Waals surface area contributed by atoms with E-state index < -0.39 is 137 Å². The van der Waals surface area contributed by atoms with E-state index in [-0.39, 0.29) is 36.5 Å². The molecule has 4 unspecified atom stereocenters. The monoisotopic (exact) mass is 1020 g/mol. The second kappa shape index (κ2) is 15.9. The Labute approximate surface area is 433 Å². The van der Waals surface area contributed by atoms with Gasteiger partial charge in [0.15, 0.2) is 0 Å². The Bertz CT molecular complexity index is 2440. The van der Waals surface area contributed by atoms with Gasteiger partial charge in [-0.2, -0.15) is 0 Å². The topological polar surface area (TPSA) is 239 Å². The largest absolute Gasteiger partial charge is 0.481 e. The van der Waals surface area contributed by atoms with Crippen molar-refractivity contribution in [1.29, 1.82) is 0 Å². The molecule has 0 saturated heterocycles. The fraction of sp³-hybridized carbons (Fsp3) is 0.867. The number of aliphatic hydroxyl groups excluding tert-OH is 3. The lowest BCUT2D eigenvalue weighted by Crippen LogP contribution is -2.71. The normalized spacial score (nSPS) is 58.0. The van der Waals surface area contributed by atoms with Gasteiger partial charge in [-0.15, -0.1) is 0 Å². The summed E-state index contributed by atoms with van der Waals surface area (Å²) in [6.45, 7) is 24.2. The van der Waals surface area contributed by atoms with Crippen LogP contribution >= 0.6 is 0 Å². The number of hydrogen-bond donors (Lipinski definition) is 8. The van der Waals surface area contributed by atoms with Gasteiger partial charge < -0.3 is 45.6 Å². The number of aliphatic carboxylic acids is 3. The molecule has 8 fully saturated rings. The van der Waals surface area contributed by atoms with Crippen molar-refractivity contribution < 1.29 is 64.8 Å². The molecule has 0 heterocycles. The zero-order chi connectivity index (χ0) is 53.8. The molecule has 10 aliphatic rings. The lowest BCUT2D eigenvalue weighted by atomic mass is 9.32. The van der Waals surface area contributed by atoms with E-state index in [4.69, 9.17) is 4.74 Å². The third-order valence-electron chi connectivity index (χ3n) is 27.3. The SMILES string of the molecule is C[C@@H]1CC[C@]2(C(=O)O)CC[C@]3(C)C(=CC[C@@H]4[C@@]5(C)C[C@@H](O)[C@@H](O)[C@](C)(C(=O)O[C@@H]6C[C@@]7(C)C(CC[C@]8(C)[C@@H]7CC=C7C9[C@](C(=O)O)(CC[C@@H](C)[C@@]9(C)O)CC[C@]78C)[C@@](C)(C(=O)O)[C@@H]6O)C5CC[C@]43C)C2[C@]1(C)O. The van der Waals surface area contributed by atoms with Crippen molar-refractivity contribution >= 4 is 23.9 Å². The highest BCUT2D eigenvalue weighted by molar-refractivity contribution is 5.80. The second-order valence-corrected chi connectivity index (χ2v) is 29.4. The van der Waals surface area contributed by atoms with E-state index in [1.807, 2.05) is 27.7 Å². The quantitative estimate of drug-likeness (QED) is 0.0949. The second-order valence-electron chi connectivity index (χ2n) is 29.4. The molecule has 0 aromatic heterocycles. The molecule has 0 radical (unpaired) electrons. The van der Waals surface area contributed by atoms with Crippen LogP contribution in [0, 0.1) is 101 Å². The van der Waals surface area contributed by atoms with E-state index in [1.165, 1.54) is 0 Å². The zero-order valence-electron chi connectivity index (χ0n) is 46.0. The highest BCUT2D eigenvalue weighted by Crippen LogP contribution is 2.79. The van der Waals surface area contributed by atoms with Gasteiger partial charge in [0.2, 0.25) is 0 Å². The summed E-state index contributed by atoms with van der Waals surface area (Å²) in [5.74, 6) is -6.33. The van der Waals surface area contributed by atoms with Crippen LogP contribution in [0.25, 0.3) is 0 Å². The molecule has 0 aliphatic heterocycles. The van der Waals surface area contributed by atoms with Gasteiger partial charge in [0.1, 0.15) is 12.2 Å². The first kappa shape index (κ1) is 53.6. The van der Waals surface area contributed by atoms with Gasteiger partial charge >= 0.3 is 23.9 Å². The lowest BCUT2D eigenvalue weighted by molar-refractivity contribution is -0.264. The maximum atomic E-state index is 15.6. The Morgan fingerprint density at radius 2 is 0.918 bits per heavy atom. The predicted molar refractivity (Wildman–Crippen MR) is 271 cm³/mol. The molecule has 0 spiro atoms. The van der Waals surface area contributed by atoms with Crippen molar-refractivity contribution in [1.82, 2.24) is 0 Å². The minimum atomic E-state index is -1.73. The van der Waals surface area contributed by atoms with Gasteiger partial charge in [0.25, 0.3) is 0 Å². The van der Waals surface area contributed by atoms with Gasteiger partial charge in [0.05, 0.1) is 45.1 Å². The van der Waals surface area contributed by atoms with Crippen LogP contribution in [-0.4, -0.2) is 100 Å². The van der Waals surface area contributed by atoms with Gasteiger partial charge in [0, 0.05) is 11.8 Å². The molecule has 8 N–H and O–H groups in total. The van der Waals surface area contributed by atoms with Gasteiger partial charge in [-0.25, -0.2) is 0 Å². The molecule has 0 aromatic rings. The fourth-order valence-corrected chi connectivity index (χ4v) is 22.2. The standard InChI is InChI=1S/C60H90O13/c1-31-17-23-59(46(66)67)27-25-51(5)33(41(59)57(31,11)71)13-15-37-49(3)29-35(61)43(62)56(10,40(49)20-22-53(37,51)7)48(70)73-36-30-50(4)38-16-14-34-42-58(12,72)32(2)18-24-60(42,47(68)69)28-26-52(34,6)54(38,8)21-19-39(50)55(9,44(36)63)45(64)65/h13-14,31-32,35-44,61-63,71-72H,15-30H2,1-12H3,(H,64,65)(H,66,67)(H,68,69)/t31-,32-,35-,36-,37-,38-,39?,40?,41?,42?,43-,44-,49-,50-,51-,52-,53-,54-,55-,56-,57-,58-,59+,60+/m1/s1. The zero-order valence-corrected chi connectivity index (χ0v) is 46.0. The maximum Gasteiger partial charge on any atom is 0.315 e. The van der Waals surface area contributed by atoms with Crippen LogP contribution in [0.4, 0.5) is 0 Å². The Kier molecular flexibility index (Phi) is 11.7. The Morgan fingerprint density at radius 1 is 0.507 bits per heavy atom. The molecule has 0 bridgehead atoms. The molecule has 0 aromatic carbocycles. The molecular formula is C60H90O13.